The Morgan fingerprint density at radius 2 is 2.14 bits per heavy atom. The number of nitrogens with two attached hydrogens (primary N) is 1. The van der Waals surface area contributed by atoms with Crippen molar-refractivity contribution in [3.63, 3.8) is 0 Å². The zero-order chi connectivity index (χ0) is 10.1. The molecule has 0 unspecified atom stereocenters. The van der Waals surface area contributed by atoms with Crippen LogP contribution in [0.3, 0.4) is 0 Å². The van der Waals surface area contributed by atoms with Crippen molar-refractivity contribution in [1.29, 1.82) is 0 Å². The minimum absolute atomic E-state index is 0.0150. The van der Waals surface area contributed by atoms with Crippen LogP contribution in [-0.2, 0) is 13.0 Å². The van der Waals surface area contributed by atoms with Crippen molar-refractivity contribution < 1.29 is 5.11 Å². The molecule has 2 nitrogen and oxygen atoms in total. The van der Waals surface area contributed by atoms with E-state index < -0.39 is 0 Å². The summed E-state index contributed by atoms with van der Waals surface area (Å²) >= 11 is 1.66. The molecule has 1 heterocycles. The van der Waals surface area contributed by atoms with Gasteiger partial charge in [-0.3, -0.25) is 0 Å². The molecule has 2 aromatic rings. The van der Waals surface area contributed by atoms with Gasteiger partial charge in [-0.05, 0) is 22.8 Å². The van der Waals surface area contributed by atoms with Gasteiger partial charge in [0.2, 0.25) is 0 Å². The quantitative estimate of drug-likeness (QED) is 0.743. The average molecular weight is 207 g/mol. The number of aliphatic hydroxyl groups excluding tert-OH is 1. The first-order valence-corrected chi connectivity index (χ1v) is 5.54. The van der Waals surface area contributed by atoms with Gasteiger partial charge in [-0.25, -0.2) is 0 Å². The molecule has 2 rings (SSSR count). The second-order valence-electron chi connectivity index (χ2n) is 3.29. The van der Waals surface area contributed by atoms with Crippen LogP contribution in [-0.4, -0.2) is 5.11 Å². The lowest BCUT2D eigenvalue weighted by molar-refractivity contribution is 0.282. The van der Waals surface area contributed by atoms with Crippen LogP contribution >= 0.6 is 11.3 Å². The molecule has 3 heteroatoms. The highest BCUT2D eigenvalue weighted by atomic mass is 32.1. The maximum Gasteiger partial charge on any atom is 0.0702 e. The number of hydrogen-bond donors (Lipinski definition) is 2. The Morgan fingerprint density at radius 3 is 2.79 bits per heavy atom. The van der Waals surface area contributed by atoms with Crippen molar-refractivity contribution in [1.82, 2.24) is 0 Å². The predicted molar refractivity (Wildman–Crippen MR) is 61.5 cm³/mol. The number of anilines is 1. The van der Waals surface area contributed by atoms with E-state index in [0.29, 0.717) is 0 Å². The van der Waals surface area contributed by atoms with Crippen LogP contribution in [0.15, 0.2) is 17.5 Å². The summed E-state index contributed by atoms with van der Waals surface area (Å²) in [5.74, 6) is 0. The van der Waals surface area contributed by atoms with Gasteiger partial charge in [0.05, 0.1) is 17.0 Å². The molecule has 0 radical (unpaired) electrons. The van der Waals surface area contributed by atoms with Gasteiger partial charge in [0.1, 0.15) is 0 Å². The van der Waals surface area contributed by atoms with Crippen LogP contribution in [0.4, 0.5) is 5.69 Å². The summed E-state index contributed by atoms with van der Waals surface area (Å²) in [6.07, 6.45) is 1.03. The molecule has 0 aliphatic heterocycles. The minimum atomic E-state index is 0.0150. The van der Waals surface area contributed by atoms with E-state index in [9.17, 15) is 0 Å². The average Bonchev–Trinajstić information content (AvgIpc) is 2.62. The van der Waals surface area contributed by atoms with Crippen molar-refractivity contribution in [3.05, 3.63) is 28.6 Å². The summed E-state index contributed by atoms with van der Waals surface area (Å²) in [5.41, 5.74) is 8.83. The largest absolute Gasteiger partial charge is 0.397 e. The summed E-state index contributed by atoms with van der Waals surface area (Å²) < 4.78 is 1.11. The number of aryl methyl sites for hydroxylation is 1. The molecule has 1 aromatic heterocycles. The first-order chi connectivity index (χ1) is 6.77. The number of benzene rings is 1. The fourth-order valence-corrected chi connectivity index (χ4v) is 2.76. The fraction of sp³-hybridized carbons (Fsp3) is 0.273. The van der Waals surface area contributed by atoms with Crippen LogP contribution in [0.1, 0.15) is 18.1 Å². The molecular weight excluding hydrogens is 194 g/mol. The zero-order valence-corrected chi connectivity index (χ0v) is 8.90. The Labute approximate surface area is 87.0 Å². The second-order valence-corrected chi connectivity index (χ2v) is 4.17. The predicted octanol–water partition coefficient (Wildman–Crippen LogP) is 2.54. The van der Waals surface area contributed by atoms with Crippen LogP contribution < -0.4 is 5.73 Å². The van der Waals surface area contributed by atoms with E-state index in [1.165, 1.54) is 10.9 Å². The Balaban J connectivity index is 2.72. The molecule has 0 aliphatic carbocycles. The SMILES string of the molecule is CCc1csc2c(N)c(CO)ccc12. The number of rotatable bonds is 2. The maximum absolute atomic E-state index is 9.07. The topological polar surface area (TPSA) is 46.2 Å². The van der Waals surface area contributed by atoms with Gasteiger partial charge in [-0.15, -0.1) is 11.3 Å². The van der Waals surface area contributed by atoms with E-state index in [4.69, 9.17) is 10.8 Å². The molecule has 0 fully saturated rings. The summed E-state index contributed by atoms with van der Waals surface area (Å²) in [6, 6.07) is 3.95. The van der Waals surface area contributed by atoms with Crippen molar-refractivity contribution in [2.24, 2.45) is 0 Å². The van der Waals surface area contributed by atoms with Gasteiger partial charge in [-0.2, -0.15) is 0 Å². The summed E-state index contributed by atoms with van der Waals surface area (Å²) in [6.45, 7) is 2.15. The van der Waals surface area contributed by atoms with Crippen molar-refractivity contribution >= 4 is 27.1 Å². The van der Waals surface area contributed by atoms with E-state index >= 15 is 0 Å². The summed E-state index contributed by atoms with van der Waals surface area (Å²) in [7, 11) is 0. The first-order valence-electron chi connectivity index (χ1n) is 4.66. The van der Waals surface area contributed by atoms with E-state index in [1.807, 2.05) is 12.1 Å². The molecule has 0 aliphatic rings. The lowest BCUT2D eigenvalue weighted by Gasteiger charge is -2.03. The smallest absolute Gasteiger partial charge is 0.0702 e. The number of aliphatic hydroxyl groups is 1. The Bertz CT molecular complexity index is 462. The zero-order valence-electron chi connectivity index (χ0n) is 8.08. The molecule has 14 heavy (non-hydrogen) atoms. The minimum Gasteiger partial charge on any atom is -0.397 e. The number of hydrogen-bond acceptors (Lipinski definition) is 3. The highest BCUT2D eigenvalue weighted by Crippen LogP contribution is 2.33. The van der Waals surface area contributed by atoms with Crippen LogP contribution in [0, 0.1) is 0 Å². The molecule has 0 atom stereocenters. The third-order valence-corrected chi connectivity index (χ3v) is 3.58. The van der Waals surface area contributed by atoms with Crippen molar-refractivity contribution in [2.45, 2.75) is 20.0 Å². The molecular formula is C11H13NOS. The van der Waals surface area contributed by atoms with E-state index in [-0.39, 0.29) is 6.61 Å². The molecule has 1 aromatic carbocycles. The van der Waals surface area contributed by atoms with Crippen LogP contribution in [0.5, 0.6) is 0 Å². The molecule has 0 amide bonds. The van der Waals surface area contributed by atoms with E-state index in [1.54, 1.807) is 11.3 Å². The van der Waals surface area contributed by atoms with E-state index in [0.717, 1.165) is 22.4 Å². The highest BCUT2D eigenvalue weighted by Gasteiger charge is 2.08. The summed E-state index contributed by atoms with van der Waals surface area (Å²) in [4.78, 5) is 0. The molecule has 74 valence electrons. The maximum atomic E-state index is 9.07. The molecule has 0 saturated heterocycles. The fourth-order valence-electron chi connectivity index (χ4n) is 1.63. The first kappa shape index (κ1) is 9.49. The van der Waals surface area contributed by atoms with Gasteiger partial charge >= 0.3 is 0 Å². The summed E-state index contributed by atoms with van der Waals surface area (Å²) in [5, 5.41) is 12.4. The van der Waals surface area contributed by atoms with Gasteiger partial charge < -0.3 is 10.8 Å². The Hall–Kier alpha value is -1.06. The molecule has 0 spiro atoms. The number of fused-ring (bicyclic) bond motifs is 1. The molecule has 3 N–H and O–H groups in total. The van der Waals surface area contributed by atoms with Crippen molar-refractivity contribution in [3.8, 4) is 0 Å². The van der Waals surface area contributed by atoms with Gasteiger partial charge in [0.25, 0.3) is 0 Å². The Kier molecular flexibility index (Phi) is 2.44. The van der Waals surface area contributed by atoms with Crippen LogP contribution in [0.25, 0.3) is 10.1 Å². The normalized spacial score (nSPS) is 11.0. The van der Waals surface area contributed by atoms with Crippen LogP contribution in [0.2, 0.25) is 0 Å². The number of thiophene rings is 1. The molecule has 0 saturated carbocycles. The highest BCUT2D eigenvalue weighted by molar-refractivity contribution is 7.18. The van der Waals surface area contributed by atoms with Gasteiger partial charge in [0.15, 0.2) is 0 Å². The van der Waals surface area contributed by atoms with Crippen molar-refractivity contribution in [2.75, 3.05) is 5.73 Å². The van der Waals surface area contributed by atoms with Gasteiger partial charge in [0, 0.05) is 5.56 Å². The Morgan fingerprint density at radius 1 is 1.36 bits per heavy atom. The van der Waals surface area contributed by atoms with Gasteiger partial charge in [-0.1, -0.05) is 19.1 Å². The second kappa shape index (κ2) is 3.59. The standard InChI is InChI=1S/C11H13NOS/c1-2-7-6-14-11-9(7)4-3-8(5-13)10(11)12/h3-4,6,13H,2,5,12H2,1H3. The third-order valence-electron chi connectivity index (χ3n) is 2.50. The lowest BCUT2D eigenvalue weighted by Crippen LogP contribution is -1.93. The monoisotopic (exact) mass is 207 g/mol. The number of nitrogen functional groups attached to an aromatic ring is 1. The van der Waals surface area contributed by atoms with E-state index in [2.05, 4.69) is 12.3 Å². The lowest BCUT2D eigenvalue weighted by atomic mass is 10.1. The molecule has 0 bridgehead atoms. The third kappa shape index (κ3) is 1.29.